The van der Waals surface area contributed by atoms with Gasteiger partial charge in [0, 0.05) is 23.9 Å². The van der Waals surface area contributed by atoms with Crippen LogP contribution in [-0.4, -0.2) is 37.6 Å². The first-order valence-corrected chi connectivity index (χ1v) is 12.2. The van der Waals surface area contributed by atoms with E-state index < -0.39 is 21.5 Å². The number of rotatable bonds is 8. The summed E-state index contributed by atoms with van der Waals surface area (Å²) in [6.45, 7) is -0.141. The van der Waals surface area contributed by atoms with E-state index >= 15 is 0 Å². The highest BCUT2D eigenvalue weighted by molar-refractivity contribution is 7.89. The highest BCUT2D eigenvalue weighted by Crippen LogP contribution is 2.30. The van der Waals surface area contributed by atoms with Gasteiger partial charge in [0.2, 0.25) is 15.9 Å². The largest absolute Gasteiger partial charge is 0.497 e. The van der Waals surface area contributed by atoms with Crippen molar-refractivity contribution >= 4 is 37.5 Å². The molecule has 170 valence electrons. The van der Waals surface area contributed by atoms with Gasteiger partial charge in [0.15, 0.2) is 0 Å². The zero-order valence-corrected chi connectivity index (χ0v) is 19.2. The van der Waals surface area contributed by atoms with Gasteiger partial charge in [-0.15, -0.1) is 11.3 Å². The van der Waals surface area contributed by atoms with Crippen molar-refractivity contribution in [2.75, 3.05) is 19.1 Å². The molecule has 9 nitrogen and oxygen atoms in total. The summed E-state index contributed by atoms with van der Waals surface area (Å²) in [5.41, 5.74) is 3.67. The minimum atomic E-state index is -3.78. The third-order valence-electron chi connectivity index (χ3n) is 4.84. The van der Waals surface area contributed by atoms with Crippen molar-refractivity contribution in [1.82, 2.24) is 14.4 Å². The third kappa shape index (κ3) is 4.95. The SMILES string of the molecule is COc1ccc(S(=O)(=O)NCCC(=O)Nn2cnc3scc(-c4ccccc4)c3c2=O)cc1. The predicted molar refractivity (Wildman–Crippen MR) is 126 cm³/mol. The summed E-state index contributed by atoms with van der Waals surface area (Å²) in [7, 11) is -2.30. The van der Waals surface area contributed by atoms with Crippen molar-refractivity contribution in [3.05, 3.63) is 76.7 Å². The van der Waals surface area contributed by atoms with Gasteiger partial charge in [0.1, 0.15) is 16.9 Å². The molecule has 2 aromatic carbocycles. The molecule has 11 heteroatoms. The lowest BCUT2D eigenvalue weighted by Crippen LogP contribution is -2.35. The molecule has 33 heavy (non-hydrogen) atoms. The number of carbonyl (C=O) groups excluding carboxylic acids is 1. The summed E-state index contributed by atoms with van der Waals surface area (Å²) in [5, 5.41) is 2.27. The van der Waals surface area contributed by atoms with Crippen LogP contribution in [-0.2, 0) is 14.8 Å². The molecule has 0 atom stereocenters. The van der Waals surface area contributed by atoms with Crippen molar-refractivity contribution in [2.45, 2.75) is 11.3 Å². The molecule has 0 unspecified atom stereocenters. The van der Waals surface area contributed by atoms with E-state index in [4.69, 9.17) is 4.74 Å². The molecule has 0 aliphatic carbocycles. The van der Waals surface area contributed by atoms with Gasteiger partial charge in [-0.1, -0.05) is 30.3 Å². The summed E-state index contributed by atoms with van der Waals surface area (Å²) in [6, 6.07) is 15.3. The predicted octanol–water partition coefficient (Wildman–Crippen LogP) is 2.57. The summed E-state index contributed by atoms with van der Waals surface area (Å²) in [4.78, 5) is 30.2. The molecule has 2 heterocycles. The molecule has 0 bridgehead atoms. The maximum atomic E-state index is 13.0. The number of methoxy groups -OCH3 is 1. The number of hydrogen-bond acceptors (Lipinski definition) is 7. The zero-order chi connectivity index (χ0) is 23.4. The third-order valence-corrected chi connectivity index (χ3v) is 7.20. The van der Waals surface area contributed by atoms with Gasteiger partial charge < -0.3 is 4.74 Å². The van der Waals surface area contributed by atoms with Crippen LogP contribution in [0.3, 0.4) is 0 Å². The first-order valence-electron chi connectivity index (χ1n) is 9.87. The maximum Gasteiger partial charge on any atom is 0.281 e. The van der Waals surface area contributed by atoms with Gasteiger partial charge >= 0.3 is 0 Å². The van der Waals surface area contributed by atoms with Gasteiger partial charge in [-0.2, -0.15) is 0 Å². The number of ether oxygens (including phenoxy) is 1. The maximum absolute atomic E-state index is 13.0. The number of thiophene rings is 1. The zero-order valence-electron chi connectivity index (χ0n) is 17.5. The Morgan fingerprint density at radius 2 is 1.85 bits per heavy atom. The molecule has 4 aromatic rings. The first-order chi connectivity index (χ1) is 15.9. The normalized spacial score (nSPS) is 11.4. The van der Waals surface area contributed by atoms with E-state index in [-0.39, 0.29) is 17.9 Å². The number of nitrogens with one attached hydrogen (secondary N) is 2. The molecule has 4 rings (SSSR count). The number of benzene rings is 2. The Kier molecular flexibility index (Phi) is 6.54. The molecule has 0 aliphatic heterocycles. The second-order valence-corrected chi connectivity index (χ2v) is 9.60. The molecule has 0 radical (unpaired) electrons. The Labute approximate surface area is 193 Å². The summed E-state index contributed by atoms with van der Waals surface area (Å²) < 4.78 is 33.1. The van der Waals surface area contributed by atoms with Gasteiger partial charge in [-0.05, 0) is 29.8 Å². The fraction of sp³-hybridized carbons (Fsp3) is 0.136. The van der Waals surface area contributed by atoms with Crippen molar-refractivity contribution in [2.24, 2.45) is 0 Å². The van der Waals surface area contributed by atoms with E-state index in [1.54, 1.807) is 0 Å². The molecule has 2 N–H and O–H groups in total. The number of hydrogen-bond donors (Lipinski definition) is 2. The van der Waals surface area contributed by atoms with Gasteiger partial charge in [-0.3, -0.25) is 15.0 Å². The van der Waals surface area contributed by atoms with Crippen LogP contribution in [0.15, 0.2) is 76.0 Å². The number of amides is 1. The molecule has 0 aliphatic rings. The van der Waals surface area contributed by atoms with Crippen molar-refractivity contribution in [3.63, 3.8) is 0 Å². The number of nitrogens with zero attached hydrogens (tertiary/aromatic N) is 2. The van der Waals surface area contributed by atoms with Crippen LogP contribution in [0.2, 0.25) is 0 Å². The van der Waals surface area contributed by atoms with E-state index in [1.165, 1.54) is 49.0 Å². The number of fused-ring (bicyclic) bond motifs is 1. The van der Waals surface area contributed by atoms with Gasteiger partial charge in [0.25, 0.3) is 5.56 Å². The Morgan fingerprint density at radius 3 is 2.55 bits per heavy atom. The number of sulfonamides is 1. The molecule has 0 fully saturated rings. The van der Waals surface area contributed by atoms with E-state index in [1.807, 2.05) is 35.7 Å². The van der Waals surface area contributed by atoms with E-state index in [2.05, 4.69) is 15.1 Å². The highest BCUT2D eigenvalue weighted by atomic mass is 32.2. The second-order valence-electron chi connectivity index (χ2n) is 6.97. The lowest BCUT2D eigenvalue weighted by Gasteiger charge is -2.10. The van der Waals surface area contributed by atoms with Crippen LogP contribution in [0, 0.1) is 0 Å². The first kappa shape index (κ1) is 22.6. The average molecular weight is 485 g/mol. The minimum absolute atomic E-state index is 0.0560. The smallest absolute Gasteiger partial charge is 0.281 e. The van der Waals surface area contributed by atoms with E-state index in [0.29, 0.717) is 16.0 Å². The standard InChI is InChI=1S/C22H20N4O5S2/c1-31-16-7-9-17(10-8-16)33(29,30)24-12-11-19(27)25-26-14-23-21-20(22(26)28)18(13-32-21)15-5-3-2-4-6-15/h2-10,13-14,24H,11-12H2,1H3,(H,25,27). The lowest BCUT2D eigenvalue weighted by molar-refractivity contribution is -0.117. The van der Waals surface area contributed by atoms with E-state index in [0.717, 1.165) is 15.8 Å². The Balaban J connectivity index is 1.44. The molecular weight excluding hydrogens is 464 g/mol. The fourth-order valence-electron chi connectivity index (χ4n) is 3.17. The van der Waals surface area contributed by atoms with E-state index in [9.17, 15) is 18.0 Å². The van der Waals surface area contributed by atoms with Crippen molar-refractivity contribution in [3.8, 4) is 16.9 Å². The molecule has 0 spiro atoms. The summed E-state index contributed by atoms with van der Waals surface area (Å²) in [6.07, 6.45) is 1.07. The molecule has 0 saturated heterocycles. The Hall–Kier alpha value is -3.54. The van der Waals surface area contributed by atoms with Crippen LogP contribution >= 0.6 is 11.3 Å². The van der Waals surface area contributed by atoms with Gasteiger partial charge in [-0.25, -0.2) is 22.8 Å². The van der Waals surface area contributed by atoms with Crippen LogP contribution in [0.5, 0.6) is 5.75 Å². The molecule has 1 amide bonds. The number of aromatic nitrogens is 2. The molecule has 2 aromatic heterocycles. The van der Waals surface area contributed by atoms with Crippen LogP contribution in [0.4, 0.5) is 0 Å². The fourth-order valence-corrected chi connectivity index (χ4v) is 5.11. The lowest BCUT2D eigenvalue weighted by atomic mass is 10.1. The minimum Gasteiger partial charge on any atom is -0.497 e. The second kappa shape index (κ2) is 9.53. The molecule has 0 saturated carbocycles. The van der Waals surface area contributed by atoms with Crippen LogP contribution in [0.25, 0.3) is 21.3 Å². The highest BCUT2D eigenvalue weighted by Gasteiger charge is 2.16. The van der Waals surface area contributed by atoms with Crippen molar-refractivity contribution in [1.29, 1.82) is 0 Å². The van der Waals surface area contributed by atoms with Crippen LogP contribution < -0.4 is 20.4 Å². The van der Waals surface area contributed by atoms with Gasteiger partial charge in [0.05, 0.1) is 17.4 Å². The Morgan fingerprint density at radius 1 is 1.12 bits per heavy atom. The summed E-state index contributed by atoms with van der Waals surface area (Å²) in [5.74, 6) is -0.00226. The van der Waals surface area contributed by atoms with Crippen molar-refractivity contribution < 1.29 is 17.9 Å². The monoisotopic (exact) mass is 484 g/mol. The average Bonchev–Trinajstić information content (AvgIpc) is 3.26. The number of carbonyl (C=O) groups is 1. The van der Waals surface area contributed by atoms with Crippen LogP contribution in [0.1, 0.15) is 6.42 Å². The summed E-state index contributed by atoms with van der Waals surface area (Å²) >= 11 is 1.35. The quantitative estimate of drug-likeness (QED) is 0.397. The Bertz CT molecular complexity index is 1450. The topological polar surface area (TPSA) is 119 Å². The molecular formula is C22H20N4O5S2.